The van der Waals surface area contributed by atoms with E-state index in [1.807, 2.05) is 39.0 Å². The number of para-hydroxylation sites is 1. The molecule has 7 nitrogen and oxygen atoms in total. The molecule has 1 aromatic rings. The molecule has 8 heteroatoms. The molecule has 1 aromatic carbocycles. The van der Waals surface area contributed by atoms with Crippen molar-refractivity contribution >= 4 is 35.0 Å². The molecule has 0 spiro atoms. The average Bonchev–Trinajstić information content (AvgIpc) is 3.04. The highest BCUT2D eigenvalue weighted by atomic mass is 35.5. The van der Waals surface area contributed by atoms with Crippen LogP contribution in [0.1, 0.15) is 25.8 Å². The lowest BCUT2D eigenvalue weighted by Crippen LogP contribution is -2.50. The summed E-state index contributed by atoms with van der Waals surface area (Å²) >= 11 is 6.30. The first-order valence-electron chi connectivity index (χ1n) is 10.7. The number of amides is 3. The van der Waals surface area contributed by atoms with Crippen molar-refractivity contribution in [3.63, 3.8) is 0 Å². The molecule has 0 radical (unpaired) electrons. The first kappa shape index (κ1) is 23.3. The molecule has 1 fully saturated rings. The zero-order chi connectivity index (χ0) is 22.9. The number of aliphatic hydroxyl groups excluding tert-OH is 1. The smallest absolute Gasteiger partial charge is 0.247 e. The number of nitrogens with one attached hydrogen (secondary N) is 2. The van der Waals surface area contributed by atoms with Crippen molar-refractivity contribution in [1.29, 1.82) is 0 Å². The van der Waals surface area contributed by atoms with Crippen LogP contribution in [-0.2, 0) is 14.4 Å². The summed E-state index contributed by atoms with van der Waals surface area (Å²) in [4.78, 5) is 41.2. The number of carbonyl (C=O) groups excluding carboxylic acids is 3. The molecule has 3 N–H and O–H groups in total. The van der Waals surface area contributed by atoms with Crippen LogP contribution in [0, 0.1) is 30.6 Å². The number of rotatable bonds is 6. The molecule has 0 saturated carbocycles. The Labute approximate surface area is 187 Å². The maximum Gasteiger partial charge on any atom is 0.247 e. The Balaban J connectivity index is 2.05. The Morgan fingerprint density at radius 3 is 2.55 bits per heavy atom. The van der Waals surface area contributed by atoms with Gasteiger partial charge in [0.1, 0.15) is 6.04 Å². The largest absolute Gasteiger partial charge is 0.394 e. The summed E-state index contributed by atoms with van der Waals surface area (Å²) in [6.45, 7) is 5.33. The molecule has 1 aliphatic carbocycles. The zero-order valence-electron chi connectivity index (χ0n) is 18.3. The SMILES string of the molecule is CC[C@@H](CO)N1C(=O)[C@H]2[C@H](C=C[C@@H](C)[C@H]2C(=O)NC)[C@H]1C(=O)Nc1c(C)cccc1Cl. The topological polar surface area (TPSA) is 98.7 Å². The van der Waals surface area contributed by atoms with E-state index >= 15 is 0 Å². The number of carbonyl (C=O) groups is 3. The van der Waals surface area contributed by atoms with Gasteiger partial charge in [0, 0.05) is 13.0 Å². The van der Waals surface area contributed by atoms with Gasteiger partial charge in [-0.15, -0.1) is 0 Å². The van der Waals surface area contributed by atoms with Crippen molar-refractivity contribution in [1.82, 2.24) is 10.2 Å². The molecule has 31 heavy (non-hydrogen) atoms. The molecule has 2 aliphatic rings. The molecule has 0 aromatic heterocycles. The summed E-state index contributed by atoms with van der Waals surface area (Å²) < 4.78 is 0. The van der Waals surface area contributed by atoms with Crippen LogP contribution in [0.4, 0.5) is 5.69 Å². The van der Waals surface area contributed by atoms with Crippen LogP contribution in [0.5, 0.6) is 0 Å². The predicted octanol–water partition coefficient (Wildman–Crippen LogP) is 2.37. The second-order valence-electron chi connectivity index (χ2n) is 8.34. The van der Waals surface area contributed by atoms with Gasteiger partial charge in [0.2, 0.25) is 17.7 Å². The van der Waals surface area contributed by atoms with Crippen LogP contribution in [0.15, 0.2) is 30.4 Å². The maximum absolute atomic E-state index is 13.6. The van der Waals surface area contributed by atoms with E-state index in [-0.39, 0.29) is 30.2 Å². The molecule has 6 atom stereocenters. The summed E-state index contributed by atoms with van der Waals surface area (Å²) in [6, 6.07) is 3.97. The number of allylic oxidation sites excluding steroid dienone is 1. The number of anilines is 1. The average molecular weight is 448 g/mol. The van der Waals surface area contributed by atoms with Gasteiger partial charge in [-0.3, -0.25) is 14.4 Å². The van der Waals surface area contributed by atoms with Gasteiger partial charge >= 0.3 is 0 Å². The van der Waals surface area contributed by atoms with Gasteiger partial charge < -0.3 is 20.6 Å². The Hall–Kier alpha value is -2.38. The maximum atomic E-state index is 13.6. The summed E-state index contributed by atoms with van der Waals surface area (Å²) in [5, 5.41) is 15.9. The van der Waals surface area contributed by atoms with E-state index in [4.69, 9.17) is 11.6 Å². The molecular formula is C23H30ClN3O4. The van der Waals surface area contributed by atoms with Gasteiger partial charge in [0.25, 0.3) is 0 Å². The minimum Gasteiger partial charge on any atom is -0.394 e. The minimum atomic E-state index is -0.846. The highest BCUT2D eigenvalue weighted by Crippen LogP contribution is 2.45. The van der Waals surface area contributed by atoms with E-state index in [1.54, 1.807) is 19.2 Å². The highest BCUT2D eigenvalue weighted by Gasteiger charge is 2.57. The predicted molar refractivity (Wildman–Crippen MR) is 119 cm³/mol. The standard InChI is InChI=1S/C23H30ClN3O4/c1-5-14(11-28)27-20(22(30)26-19-13(3)7-6-8-16(19)24)15-10-9-12(2)17(21(29)25-4)18(15)23(27)31/h6-10,12,14-15,17-18,20,28H,5,11H2,1-4H3,(H,25,29)(H,26,30)/t12-,14+,15+,17-,18+,20+/m1/s1. The van der Waals surface area contributed by atoms with Crippen LogP contribution in [0.3, 0.4) is 0 Å². The van der Waals surface area contributed by atoms with Crippen molar-refractivity contribution in [2.45, 2.75) is 39.3 Å². The summed E-state index contributed by atoms with van der Waals surface area (Å²) in [6.07, 6.45) is 4.26. The Bertz CT molecular complexity index is 879. The van der Waals surface area contributed by atoms with E-state index < -0.39 is 29.8 Å². The molecular weight excluding hydrogens is 418 g/mol. The van der Waals surface area contributed by atoms with Gasteiger partial charge in [0.05, 0.1) is 35.2 Å². The van der Waals surface area contributed by atoms with E-state index in [0.717, 1.165) is 5.56 Å². The van der Waals surface area contributed by atoms with Gasteiger partial charge in [-0.05, 0) is 30.9 Å². The van der Waals surface area contributed by atoms with E-state index in [1.165, 1.54) is 4.90 Å². The Kier molecular flexibility index (Phi) is 7.06. The summed E-state index contributed by atoms with van der Waals surface area (Å²) in [5.74, 6) is -2.73. The van der Waals surface area contributed by atoms with E-state index in [9.17, 15) is 19.5 Å². The van der Waals surface area contributed by atoms with Crippen molar-refractivity contribution in [3.8, 4) is 0 Å². The second kappa shape index (κ2) is 9.40. The molecule has 0 unspecified atom stereocenters. The monoisotopic (exact) mass is 447 g/mol. The van der Waals surface area contributed by atoms with Crippen molar-refractivity contribution in [2.24, 2.45) is 23.7 Å². The number of likely N-dealkylation sites (tertiary alicyclic amines) is 1. The zero-order valence-corrected chi connectivity index (χ0v) is 19.0. The van der Waals surface area contributed by atoms with Gasteiger partial charge in [-0.25, -0.2) is 0 Å². The third-order valence-electron chi connectivity index (χ3n) is 6.57. The fraction of sp³-hybridized carbons (Fsp3) is 0.522. The number of benzene rings is 1. The van der Waals surface area contributed by atoms with Crippen LogP contribution >= 0.6 is 11.6 Å². The van der Waals surface area contributed by atoms with Crippen LogP contribution in [0.25, 0.3) is 0 Å². The number of nitrogens with zero attached hydrogens (tertiary/aromatic N) is 1. The number of hydrogen-bond acceptors (Lipinski definition) is 4. The quantitative estimate of drug-likeness (QED) is 0.583. The van der Waals surface area contributed by atoms with Gasteiger partial charge in [-0.1, -0.05) is 49.7 Å². The van der Waals surface area contributed by atoms with Crippen LogP contribution < -0.4 is 10.6 Å². The number of aryl methyl sites for hydroxylation is 1. The first-order chi connectivity index (χ1) is 14.8. The number of hydrogen-bond donors (Lipinski definition) is 3. The summed E-state index contributed by atoms with van der Waals surface area (Å²) in [5.41, 5.74) is 1.30. The molecule has 1 saturated heterocycles. The van der Waals surface area contributed by atoms with Gasteiger partial charge in [0.15, 0.2) is 0 Å². The third kappa shape index (κ3) is 4.08. The first-order valence-corrected chi connectivity index (χ1v) is 11.0. The molecule has 0 bridgehead atoms. The lowest BCUT2D eigenvalue weighted by Gasteiger charge is -2.33. The highest BCUT2D eigenvalue weighted by molar-refractivity contribution is 6.34. The van der Waals surface area contributed by atoms with Crippen molar-refractivity contribution < 1.29 is 19.5 Å². The van der Waals surface area contributed by atoms with E-state index in [0.29, 0.717) is 17.1 Å². The lowest BCUT2D eigenvalue weighted by atomic mass is 9.70. The van der Waals surface area contributed by atoms with E-state index in [2.05, 4.69) is 10.6 Å². The lowest BCUT2D eigenvalue weighted by molar-refractivity contribution is -0.142. The fourth-order valence-corrected chi connectivity index (χ4v) is 5.17. The Morgan fingerprint density at radius 1 is 1.26 bits per heavy atom. The molecule has 1 aliphatic heterocycles. The fourth-order valence-electron chi connectivity index (χ4n) is 4.90. The summed E-state index contributed by atoms with van der Waals surface area (Å²) in [7, 11) is 1.55. The number of halogens is 1. The second-order valence-corrected chi connectivity index (χ2v) is 8.75. The normalized spacial score (nSPS) is 28.3. The minimum absolute atomic E-state index is 0.145. The molecule has 3 amide bonds. The van der Waals surface area contributed by atoms with Gasteiger partial charge in [-0.2, -0.15) is 0 Å². The van der Waals surface area contributed by atoms with Crippen molar-refractivity contribution in [3.05, 3.63) is 40.9 Å². The third-order valence-corrected chi connectivity index (χ3v) is 6.89. The molecule has 3 rings (SSSR count). The Morgan fingerprint density at radius 2 is 1.97 bits per heavy atom. The molecule has 168 valence electrons. The van der Waals surface area contributed by atoms with Crippen LogP contribution in [0.2, 0.25) is 5.02 Å². The molecule has 1 heterocycles. The van der Waals surface area contributed by atoms with Crippen LogP contribution in [-0.4, -0.2) is 53.5 Å². The van der Waals surface area contributed by atoms with Crippen molar-refractivity contribution in [2.75, 3.05) is 19.0 Å². The number of aliphatic hydroxyl groups is 1. The number of fused-ring (bicyclic) bond motifs is 1.